The molecule has 71 valence electrons. The standard InChI is InChI=1S/C11H10NO2/c1-8-3-4-10(5-9(8)2)14-11-6-13-7-12-11/h3-6H,1-2H3. The van der Waals surface area contributed by atoms with Gasteiger partial charge in [0.1, 0.15) is 5.75 Å². The fourth-order valence-corrected chi connectivity index (χ4v) is 1.12. The Bertz CT molecular complexity index is 421. The van der Waals surface area contributed by atoms with Crippen LogP contribution in [0.4, 0.5) is 0 Å². The van der Waals surface area contributed by atoms with Crippen LogP contribution in [0.25, 0.3) is 0 Å². The normalized spacial score (nSPS) is 10.1. The molecule has 0 atom stereocenters. The van der Waals surface area contributed by atoms with Gasteiger partial charge in [-0.1, -0.05) is 6.07 Å². The van der Waals surface area contributed by atoms with Gasteiger partial charge in [-0.2, -0.15) is 4.98 Å². The second-order valence-electron chi connectivity index (χ2n) is 3.13. The molecule has 0 aliphatic heterocycles. The van der Waals surface area contributed by atoms with Crippen LogP contribution in [0.2, 0.25) is 0 Å². The van der Waals surface area contributed by atoms with Crippen LogP contribution in [0.15, 0.2) is 28.9 Å². The molecule has 14 heavy (non-hydrogen) atoms. The highest BCUT2D eigenvalue weighted by Crippen LogP contribution is 2.21. The summed E-state index contributed by atoms with van der Waals surface area (Å²) in [5.41, 5.74) is 2.43. The van der Waals surface area contributed by atoms with E-state index in [1.807, 2.05) is 25.1 Å². The zero-order valence-corrected chi connectivity index (χ0v) is 8.07. The summed E-state index contributed by atoms with van der Waals surface area (Å²) >= 11 is 0. The van der Waals surface area contributed by atoms with Crippen molar-refractivity contribution in [3.8, 4) is 11.6 Å². The molecule has 1 aromatic carbocycles. The van der Waals surface area contributed by atoms with E-state index in [4.69, 9.17) is 4.74 Å². The zero-order valence-electron chi connectivity index (χ0n) is 8.07. The molecule has 2 aromatic rings. The highest BCUT2D eigenvalue weighted by atomic mass is 16.5. The van der Waals surface area contributed by atoms with E-state index in [2.05, 4.69) is 22.7 Å². The Morgan fingerprint density at radius 2 is 2.14 bits per heavy atom. The van der Waals surface area contributed by atoms with Gasteiger partial charge in [0.2, 0.25) is 0 Å². The number of ether oxygens (including phenoxy) is 1. The van der Waals surface area contributed by atoms with Crippen LogP contribution in [0.3, 0.4) is 0 Å². The van der Waals surface area contributed by atoms with Crippen molar-refractivity contribution < 1.29 is 9.15 Å². The van der Waals surface area contributed by atoms with Crippen molar-refractivity contribution in [2.75, 3.05) is 0 Å². The highest BCUT2D eigenvalue weighted by Gasteiger charge is 2.01. The third-order valence-corrected chi connectivity index (χ3v) is 2.07. The first-order valence-corrected chi connectivity index (χ1v) is 4.32. The summed E-state index contributed by atoms with van der Waals surface area (Å²) in [5.74, 6) is 1.18. The van der Waals surface area contributed by atoms with Gasteiger partial charge in [-0.25, -0.2) is 0 Å². The fraction of sp³-hybridized carbons (Fsp3) is 0.182. The molecule has 2 rings (SSSR count). The van der Waals surface area contributed by atoms with Gasteiger partial charge in [-0.05, 0) is 37.1 Å². The van der Waals surface area contributed by atoms with Crippen LogP contribution < -0.4 is 4.74 Å². The molecule has 0 bridgehead atoms. The third kappa shape index (κ3) is 1.76. The van der Waals surface area contributed by atoms with Gasteiger partial charge in [0, 0.05) is 0 Å². The summed E-state index contributed by atoms with van der Waals surface area (Å²) in [4.78, 5) is 3.75. The van der Waals surface area contributed by atoms with Gasteiger partial charge in [-0.3, -0.25) is 0 Å². The molecule has 0 fully saturated rings. The van der Waals surface area contributed by atoms with E-state index in [0.717, 1.165) is 5.75 Å². The fourth-order valence-electron chi connectivity index (χ4n) is 1.12. The van der Waals surface area contributed by atoms with Gasteiger partial charge < -0.3 is 9.15 Å². The quantitative estimate of drug-likeness (QED) is 0.726. The average molecular weight is 188 g/mol. The van der Waals surface area contributed by atoms with E-state index in [1.165, 1.54) is 17.4 Å². The number of aryl methyl sites for hydroxylation is 2. The number of rotatable bonds is 2. The topological polar surface area (TPSA) is 35.3 Å². The summed E-state index contributed by atoms with van der Waals surface area (Å²) in [7, 11) is 0. The number of benzene rings is 1. The van der Waals surface area contributed by atoms with E-state index in [-0.39, 0.29) is 0 Å². The molecule has 0 aliphatic rings. The minimum atomic E-state index is 0.424. The molecule has 3 heteroatoms. The molecule has 0 amide bonds. The molecule has 0 N–H and O–H groups in total. The highest BCUT2D eigenvalue weighted by molar-refractivity contribution is 5.35. The summed E-state index contributed by atoms with van der Waals surface area (Å²) in [6, 6.07) is 5.87. The number of aromatic nitrogens is 1. The molecule has 0 saturated carbocycles. The molecule has 0 aliphatic carbocycles. The van der Waals surface area contributed by atoms with Crippen molar-refractivity contribution in [3.63, 3.8) is 0 Å². The van der Waals surface area contributed by atoms with E-state index in [0.29, 0.717) is 5.88 Å². The molecule has 0 spiro atoms. The van der Waals surface area contributed by atoms with Gasteiger partial charge in [-0.15, -0.1) is 0 Å². The Hall–Kier alpha value is -1.77. The summed E-state index contributed by atoms with van der Waals surface area (Å²) < 4.78 is 10.1. The molecular weight excluding hydrogens is 178 g/mol. The van der Waals surface area contributed by atoms with Crippen molar-refractivity contribution in [3.05, 3.63) is 42.0 Å². The predicted octanol–water partition coefficient (Wildman–Crippen LogP) is 2.88. The van der Waals surface area contributed by atoms with Crippen LogP contribution in [0.5, 0.6) is 11.6 Å². The lowest BCUT2D eigenvalue weighted by atomic mass is 10.1. The lowest BCUT2D eigenvalue weighted by molar-refractivity contribution is 0.456. The third-order valence-electron chi connectivity index (χ3n) is 2.07. The van der Waals surface area contributed by atoms with Crippen molar-refractivity contribution in [2.24, 2.45) is 0 Å². The SMILES string of the molecule is Cc1ccc(Oc2co[c]n2)cc1C. The summed E-state index contributed by atoms with van der Waals surface area (Å²) in [6.45, 7) is 4.10. The number of hydrogen-bond donors (Lipinski definition) is 0. The second-order valence-corrected chi connectivity index (χ2v) is 3.13. The molecule has 0 saturated heterocycles. The number of nitrogens with zero attached hydrogens (tertiary/aromatic N) is 1. The molecular formula is C11H10NO2. The number of oxazole rings is 1. The minimum absolute atomic E-state index is 0.424. The molecule has 3 nitrogen and oxygen atoms in total. The Labute approximate surface area is 82.3 Å². The van der Waals surface area contributed by atoms with Gasteiger partial charge in [0.15, 0.2) is 6.26 Å². The van der Waals surface area contributed by atoms with E-state index in [1.54, 1.807) is 0 Å². The predicted molar refractivity (Wildman–Crippen MR) is 51.3 cm³/mol. The van der Waals surface area contributed by atoms with E-state index in [9.17, 15) is 0 Å². The van der Waals surface area contributed by atoms with Crippen molar-refractivity contribution >= 4 is 0 Å². The lowest BCUT2D eigenvalue weighted by Gasteiger charge is -2.04. The molecule has 1 radical (unpaired) electrons. The van der Waals surface area contributed by atoms with E-state index >= 15 is 0 Å². The van der Waals surface area contributed by atoms with Crippen LogP contribution in [-0.2, 0) is 0 Å². The van der Waals surface area contributed by atoms with Crippen LogP contribution >= 0.6 is 0 Å². The van der Waals surface area contributed by atoms with Crippen LogP contribution in [-0.4, -0.2) is 4.98 Å². The van der Waals surface area contributed by atoms with Gasteiger partial charge in [0.05, 0.1) is 0 Å². The first-order valence-electron chi connectivity index (χ1n) is 4.32. The summed E-state index contributed by atoms with van der Waals surface area (Å²) in [5, 5.41) is 0. The maximum Gasteiger partial charge on any atom is 0.287 e. The van der Waals surface area contributed by atoms with Crippen molar-refractivity contribution in [2.45, 2.75) is 13.8 Å². The monoisotopic (exact) mass is 188 g/mol. The maximum absolute atomic E-state index is 5.42. The maximum atomic E-state index is 5.42. The van der Waals surface area contributed by atoms with Gasteiger partial charge in [0.25, 0.3) is 12.3 Å². The molecule has 1 aromatic heterocycles. The Kier molecular flexibility index (Phi) is 2.23. The largest absolute Gasteiger partial charge is 0.437 e. The summed E-state index contributed by atoms with van der Waals surface area (Å²) in [6.07, 6.45) is 3.74. The Morgan fingerprint density at radius 1 is 1.29 bits per heavy atom. The van der Waals surface area contributed by atoms with Crippen molar-refractivity contribution in [1.29, 1.82) is 0 Å². The first-order chi connectivity index (χ1) is 6.75. The smallest absolute Gasteiger partial charge is 0.287 e. The van der Waals surface area contributed by atoms with Gasteiger partial charge >= 0.3 is 0 Å². The van der Waals surface area contributed by atoms with Crippen LogP contribution in [0, 0.1) is 20.2 Å². The van der Waals surface area contributed by atoms with E-state index < -0.39 is 0 Å². The molecule has 0 unspecified atom stereocenters. The minimum Gasteiger partial charge on any atom is -0.437 e. The second kappa shape index (κ2) is 3.54. The number of hydrogen-bond acceptors (Lipinski definition) is 3. The Morgan fingerprint density at radius 3 is 2.79 bits per heavy atom. The molecule has 1 heterocycles. The van der Waals surface area contributed by atoms with Crippen LogP contribution in [0.1, 0.15) is 11.1 Å². The van der Waals surface area contributed by atoms with Crippen molar-refractivity contribution in [1.82, 2.24) is 4.98 Å². The Balaban J connectivity index is 2.22. The zero-order chi connectivity index (χ0) is 9.97. The first kappa shape index (κ1) is 8.81. The lowest BCUT2D eigenvalue weighted by Crippen LogP contribution is -1.86. The average Bonchev–Trinajstić information content (AvgIpc) is 2.64.